The smallest absolute Gasteiger partial charge is 0.416 e. The van der Waals surface area contributed by atoms with Gasteiger partial charge in [-0.15, -0.1) is 4.83 Å². The van der Waals surface area contributed by atoms with Crippen molar-refractivity contribution in [2.24, 2.45) is 0 Å². The van der Waals surface area contributed by atoms with Crippen molar-refractivity contribution in [2.75, 3.05) is 0 Å². The van der Waals surface area contributed by atoms with Crippen molar-refractivity contribution in [3.8, 4) is 11.6 Å². The molecule has 2 N–H and O–H groups in total. The molecule has 162 valence electrons. The highest BCUT2D eigenvalue weighted by atomic mass is 127. The van der Waals surface area contributed by atoms with Crippen LogP contribution in [0, 0.1) is 3.57 Å². The largest absolute Gasteiger partial charge is 0.439 e. The molecule has 0 aliphatic rings. The molecule has 12 heteroatoms. The molecule has 0 saturated heterocycles. The summed E-state index contributed by atoms with van der Waals surface area (Å²) in [6, 6.07) is 12.9. The van der Waals surface area contributed by atoms with Gasteiger partial charge in [0.25, 0.3) is 15.9 Å². The first kappa shape index (κ1) is 23.0. The Morgan fingerprint density at radius 1 is 1.00 bits per heavy atom. The van der Waals surface area contributed by atoms with Crippen LogP contribution in [-0.2, 0) is 16.2 Å². The second-order valence-corrected chi connectivity index (χ2v) is 8.95. The molecule has 0 atom stereocenters. The molecule has 0 saturated carbocycles. The molecule has 3 rings (SSSR count). The van der Waals surface area contributed by atoms with E-state index in [1.807, 2.05) is 27.4 Å². The molecule has 1 amide bonds. The van der Waals surface area contributed by atoms with Gasteiger partial charge in [-0.25, -0.2) is 13.4 Å². The van der Waals surface area contributed by atoms with Crippen molar-refractivity contribution < 1.29 is 31.1 Å². The number of carbonyl (C=O) groups is 1. The van der Waals surface area contributed by atoms with Crippen molar-refractivity contribution in [1.82, 2.24) is 15.2 Å². The Hall–Kier alpha value is -2.71. The van der Waals surface area contributed by atoms with E-state index in [9.17, 15) is 26.4 Å². The third-order valence-corrected chi connectivity index (χ3v) is 5.81. The molecule has 3 aromatic rings. The lowest BCUT2D eigenvalue weighted by molar-refractivity contribution is -0.137. The molecule has 0 radical (unpaired) electrons. The quantitative estimate of drug-likeness (QED) is 0.348. The molecular weight excluding hydrogens is 550 g/mol. The van der Waals surface area contributed by atoms with Gasteiger partial charge in [-0.3, -0.25) is 10.2 Å². The van der Waals surface area contributed by atoms with Gasteiger partial charge in [-0.1, -0.05) is 0 Å². The van der Waals surface area contributed by atoms with Crippen molar-refractivity contribution in [3.05, 3.63) is 81.6 Å². The lowest BCUT2D eigenvalue weighted by Crippen LogP contribution is -2.41. The normalized spacial score (nSPS) is 11.7. The summed E-state index contributed by atoms with van der Waals surface area (Å²) in [6.45, 7) is 0. The first-order chi connectivity index (χ1) is 14.5. The molecule has 0 aliphatic heterocycles. The van der Waals surface area contributed by atoms with Crippen LogP contribution in [0.15, 0.2) is 71.8 Å². The van der Waals surface area contributed by atoms with E-state index < -0.39 is 27.7 Å². The summed E-state index contributed by atoms with van der Waals surface area (Å²) < 4.78 is 68.8. The Morgan fingerprint density at radius 2 is 1.65 bits per heavy atom. The number of pyridine rings is 1. The van der Waals surface area contributed by atoms with Gasteiger partial charge in [0.2, 0.25) is 5.88 Å². The SMILES string of the molecule is O=C(NNS(=O)(=O)c1ccc(I)cc1)c1ccc(Oc2cc(C(F)(F)F)ccn2)cc1. The van der Waals surface area contributed by atoms with Gasteiger partial charge < -0.3 is 4.74 Å². The van der Waals surface area contributed by atoms with Crippen LogP contribution in [0.5, 0.6) is 11.6 Å². The van der Waals surface area contributed by atoms with Gasteiger partial charge in [-0.2, -0.15) is 13.2 Å². The van der Waals surface area contributed by atoms with Crippen LogP contribution in [0.4, 0.5) is 13.2 Å². The summed E-state index contributed by atoms with van der Waals surface area (Å²) in [4.78, 5) is 17.9. The van der Waals surface area contributed by atoms with Gasteiger partial charge >= 0.3 is 6.18 Å². The molecule has 1 aromatic heterocycles. The second-order valence-electron chi connectivity index (χ2n) is 6.02. The lowest BCUT2D eigenvalue weighted by Gasteiger charge is -2.10. The number of hydrogen-bond acceptors (Lipinski definition) is 5. The van der Waals surface area contributed by atoms with Crippen LogP contribution >= 0.6 is 22.6 Å². The summed E-state index contributed by atoms with van der Waals surface area (Å²) >= 11 is 2.03. The number of sulfonamides is 1. The molecule has 0 fully saturated rings. The number of alkyl halides is 3. The standard InChI is InChI=1S/C19H13F3IN3O4S/c20-19(21,22)13-9-10-24-17(11-13)30-15-5-1-12(2-6-15)18(27)25-26-31(28,29)16-7-3-14(23)4-8-16/h1-11,26H,(H,25,27). The number of carbonyl (C=O) groups excluding carboxylic acids is 1. The number of benzene rings is 2. The van der Waals surface area contributed by atoms with E-state index in [4.69, 9.17) is 4.74 Å². The summed E-state index contributed by atoms with van der Waals surface area (Å²) in [5.74, 6) is -0.863. The molecule has 0 unspecified atom stereocenters. The van der Waals surface area contributed by atoms with Gasteiger partial charge in [0.15, 0.2) is 0 Å². The average Bonchev–Trinajstić information content (AvgIpc) is 2.72. The summed E-state index contributed by atoms with van der Waals surface area (Å²) in [5.41, 5.74) is 1.27. The molecular formula is C19H13F3IN3O4S. The third kappa shape index (κ3) is 6.15. The van der Waals surface area contributed by atoms with Crippen LogP contribution in [-0.4, -0.2) is 19.3 Å². The number of hydrazine groups is 1. The highest BCUT2D eigenvalue weighted by molar-refractivity contribution is 14.1. The average molecular weight is 563 g/mol. The monoisotopic (exact) mass is 563 g/mol. The number of halogens is 4. The maximum absolute atomic E-state index is 12.8. The minimum absolute atomic E-state index is 0.0226. The number of ether oxygens (including phenoxy) is 1. The van der Waals surface area contributed by atoms with Gasteiger partial charge in [0.1, 0.15) is 5.75 Å². The minimum Gasteiger partial charge on any atom is -0.439 e. The highest BCUT2D eigenvalue weighted by Gasteiger charge is 2.31. The van der Waals surface area contributed by atoms with E-state index in [0.29, 0.717) is 0 Å². The van der Waals surface area contributed by atoms with Crippen LogP contribution in [0.25, 0.3) is 0 Å². The Kier molecular flexibility index (Phi) is 6.81. The number of rotatable bonds is 6. The van der Waals surface area contributed by atoms with Crippen LogP contribution in [0.3, 0.4) is 0 Å². The fraction of sp³-hybridized carbons (Fsp3) is 0.0526. The highest BCUT2D eigenvalue weighted by Crippen LogP contribution is 2.31. The number of nitrogens with zero attached hydrogens (tertiary/aromatic N) is 1. The fourth-order valence-corrected chi connectivity index (χ4v) is 3.49. The third-order valence-electron chi connectivity index (χ3n) is 3.82. The summed E-state index contributed by atoms with van der Waals surface area (Å²) in [7, 11) is -3.96. The molecule has 7 nitrogen and oxygen atoms in total. The van der Waals surface area contributed by atoms with Crippen molar-refractivity contribution in [3.63, 3.8) is 0 Å². The fourth-order valence-electron chi connectivity index (χ4n) is 2.30. The Labute approximate surface area is 188 Å². The maximum atomic E-state index is 12.8. The van der Waals surface area contributed by atoms with Gasteiger partial charge in [0.05, 0.1) is 10.5 Å². The van der Waals surface area contributed by atoms with E-state index in [0.717, 1.165) is 21.9 Å². The van der Waals surface area contributed by atoms with E-state index in [1.165, 1.54) is 36.4 Å². The summed E-state index contributed by atoms with van der Waals surface area (Å²) in [6.07, 6.45) is -3.56. The van der Waals surface area contributed by atoms with Gasteiger partial charge in [-0.05, 0) is 77.2 Å². The first-order valence-corrected chi connectivity index (χ1v) is 11.0. The molecule has 0 spiro atoms. The number of aromatic nitrogens is 1. The maximum Gasteiger partial charge on any atom is 0.416 e. The van der Waals surface area contributed by atoms with Crippen LogP contribution in [0.1, 0.15) is 15.9 Å². The lowest BCUT2D eigenvalue weighted by atomic mass is 10.2. The Bertz CT molecular complexity index is 1190. The van der Waals surface area contributed by atoms with E-state index >= 15 is 0 Å². The first-order valence-electron chi connectivity index (χ1n) is 8.43. The Morgan fingerprint density at radius 3 is 2.26 bits per heavy atom. The van der Waals surface area contributed by atoms with Crippen molar-refractivity contribution >= 4 is 38.5 Å². The van der Waals surface area contributed by atoms with Crippen LogP contribution < -0.4 is 15.0 Å². The molecule has 0 bridgehead atoms. The zero-order valence-corrected chi connectivity index (χ0v) is 18.3. The topological polar surface area (TPSA) is 97.4 Å². The van der Waals surface area contributed by atoms with Crippen molar-refractivity contribution in [2.45, 2.75) is 11.1 Å². The van der Waals surface area contributed by atoms with E-state index in [-0.39, 0.29) is 22.1 Å². The molecule has 31 heavy (non-hydrogen) atoms. The number of hydrogen-bond donors (Lipinski definition) is 2. The Balaban J connectivity index is 1.63. The molecule has 1 heterocycles. The van der Waals surface area contributed by atoms with E-state index in [2.05, 4.69) is 10.4 Å². The van der Waals surface area contributed by atoms with Gasteiger partial charge in [0, 0.05) is 21.4 Å². The minimum atomic E-state index is -4.53. The van der Waals surface area contributed by atoms with E-state index in [1.54, 1.807) is 12.1 Å². The zero-order valence-electron chi connectivity index (χ0n) is 15.4. The number of amides is 1. The molecule has 0 aliphatic carbocycles. The zero-order chi connectivity index (χ0) is 22.6. The van der Waals surface area contributed by atoms with Crippen molar-refractivity contribution in [1.29, 1.82) is 0 Å². The predicted octanol–water partition coefficient (Wildman–Crippen LogP) is 4.12. The summed E-state index contributed by atoms with van der Waals surface area (Å²) in [5, 5.41) is 0. The predicted molar refractivity (Wildman–Crippen MR) is 113 cm³/mol. The number of nitrogens with one attached hydrogen (secondary N) is 2. The second kappa shape index (κ2) is 9.20. The van der Waals surface area contributed by atoms with Crippen LogP contribution in [0.2, 0.25) is 0 Å². The molecule has 2 aromatic carbocycles.